The Bertz CT molecular complexity index is 1100. The normalized spacial score (nSPS) is 30.9. The first-order chi connectivity index (χ1) is 18.1. The molecule has 174 valence electrons. The van der Waals surface area contributed by atoms with Gasteiger partial charge in [0.05, 0.1) is 13.2 Å². The summed E-state index contributed by atoms with van der Waals surface area (Å²) in [5.74, 6) is -1.49. The first-order valence-electron chi connectivity index (χ1n) is 14.6. The van der Waals surface area contributed by atoms with Crippen LogP contribution in [0.25, 0.3) is 0 Å². The second-order valence-electron chi connectivity index (χ2n) is 7.63. The summed E-state index contributed by atoms with van der Waals surface area (Å²) in [5.41, 5.74) is 1.72. The van der Waals surface area contributed by atoms with E-state index in [0.717, 1.165) is 16.0 Å². The molecule has 0 amide bonds. The number of Topliss-reactive ketones (excluding diaryl/α,β-unsaturated/α-hetero) is 1. The average Bonchev–Trinajstić information content (AvgIpc) is 3.26. The van der Waals surface area contributed by atoms with Crippen LogP contribution in [-0.2, 0) is 27.4 Å². The molecule has 0 aliphatic carbocycles. The first kappa shape index (κ1) is 16.0. The first-order valence-corrected chi connectivity index (χ1v) is 10.6. The third kappa shape index (κ3) is 7.39. The number of ether oxygens (including phenoxy) is 2. The molecule has 3 fully saturated rings. The molecule has 0 aromatic heterocycles. The van der Waals surface area contributed by atoms with Crippen molar-refractivity contribution in [3.8, 4) is 0 Å². The third-order valence-electron chi connectivity index (χ3n) is 5.19. The number of nitrogens with zero attached hydrogens (tertiary/aromatic N) is 2. The van der Waals surface area contributed by atoms with Crippen LogP contribution < -0.4 is 0 Å². The number of benzene rings is 2. The molecule has 3 heterocycles. The van der Waals surface area contributed by atoms with Crippen molar-refractivity contribution in [1.29, 1.82) is 0 Å². The Morgan fingerprint density at radius 3 is 1.66 bits per heavy atom. The fourth-order valence-corrected chi connectivity index (χ4v) is 3.49. The lowest BCUT2D eigenvalue weighted by Gasteiger charge is -2.37. The van der Waals surface area contributed by atoms with E-state index in [9.17, 15) is 4.79 Å². The van der Waals surface area contributed by atoms with E-state index in [2.05, 4.69) is 0 Å². The predicted molar refractivity (Wildman–Crippen MR) is 129 cm³/mol. The Morgan fingerprint density at radius 1 is 0.750 bits per heavy atom. The Kier molecular flexibility index (Phi) is 6.22. The largest absolute Gasteiger partial charge is 0.347 e. The fourth-order valence-electron chi connectivity index (χ4n) is 3.49. The average molecular weight is 467 g/mol. The summed E-state index contributed by atoms with van der Waals surface area (Å²) < 4.78 is 75.5. The molecule has 0 N–H and O–H groups in total. The lowest BCUT2D eigenvalue weighted by Crippen LogP contribution is -2.44. The van der Waals surface area contributed by atoms with Crippen LogP contribution in [0.3, 0.4) is 0 Å². The summed E-state index contributed by atoms with van der Waals surface area (Å²) in [7, 11) is 0. The minimum absolute atomic E-state index is 0. The zero-order chi connectivity index (χ0) is 28.5. The van der Waals surface area contributed by atoms with Crippen LogP contribution >= 0.6 is 12.4 Å². The van der Waals surface area contributed by atoms with Gasteiger partial charge in [0.1, 0.15) is 5.78 Å². The molecule has 0 atom stereocenters. The van der Waals surface area contributed by atoms with Gasteiger partial charge in [-0.3, -0.25) is 14.6 Å². The maximum Gasteiger partial charge on any atom is 0.170 e. The summed E-state index contributed by atoms with van der Waals surface area (Å²) in [6.45, 7) is -6.37. The Morgan fingerprint density at radius 2 is 1.19 bits per heavy atom. The lowest BCUT2D eigenvalue weighted by molar-refractivity contribution is -0.185. The van der Waals surface area contributed by atoms with E-state index in [1.807, 2.05) is 60.7 Å². The zero-order valence-corrected chi connectivity index (χ0v) is 18.8. The summed E-state index contributed by atoms with van der Waals surface area (Å²) >= 11 is 0. The molecule has 0 saturated carbocycles. The summed E-state index contributed by atoms with van der Waals surface area (Å²) in [6.07, 6.45) is -0.461. The van der Waals surface area contributed by atoms with Crippen molar-refractivity contribution in [2.24, 2.45) is 0 Å². The van der Waals surface area contributed by atoms with Crippen LogP contribution in [0.4, 0.5) is 0 Å². The van der Waals surface area contributed by atoms with Gasteiger partial charge >= 0.3 is 0 Å². The zero-order valence-electron chi connectivity index (χ0n) is 26.0. The Balaban J connectivity index is 0.000000218. The van der Waals surface area contributed by atoms with Crippen LogP contribution in [0, 0.1) is 0 Å². The van der Waals surface area contributed by atoms with Gasteiger partial charge in [0.25, 0.3) is 0 Å². The molecule has 1 spiro atoms. The van der Waals surface area contributed by atoms with Gasteiger partial charge in [-0.1, -0.05) is 60.7 Å². The summed E-state index contributed by atoms with van der Waals surface area (Å²) in [6, 6.07) is 18.5. The number of hydrogen-bond donors (Lipinski definition) is 0. The fraction of sp³-hybridized carbons (Fsp3) is 0.500. The second-order valence-corrected chi connectivity index (χ2v) is 7.63. The van der Waals surface area contributed by atoms with Crippen molar-refractivity contribution in [2.45, 2.75) is 44.6 Å². The number of likely N-dealkylation sites (tertiary alicyclic amines) is 2. The molecule has 2 aromatic rings. The van der Waals surface area contributed by atoms with Crippen LogP contribution in [0.5, 0.6) is 0 Å². The van der Waals surface area contributed by atoms with Gasteiger partial charge < -0.3 is 9.47 Å². The summed E-state index contributed by atoms with van der Waals surface area (Å²) in [5, 5.41) is 0. The van der Waals surface area contributed by atoms with Gasteiger partial charge in [-0.2, -0.15) is 0 Å². The monoisotopic (exact) mass is 466 g/mol. The van der Waals surface area contributed by atoms with Crippen molar-refractivity contribution in [1.82, 2.24) is 9.80 Å². The molecule has 0 bridgehead atoms. The molecule has 3 aliphatic rings. The van der Waals surface area contributed by atoms with Crippen molar-refractivity contribution in [2.75, 3.05) is 39.2 Å². The van der Waals surface area contributed by atoms with Crippen molar-refractivity contribution >= 4 is 18.2 Å². The smallest absolute Gasteiger partial charge is 0.170 e. The summed E-state index contributed by atoms with van der Waals surface area (Å²) in [4.78, 5) is 13.8. The predicted octanol–water partition coefficient (Wildman–Crippen LogP) is 4.30. The highest BCUT2D eigenvalue weighted by atomic mass is 35.5. The standard InChI is InChI=1S/C14H19NO2.C12H15NO.ClH/c1-2-4-13(5-3-1)12-15-8-6-14(7-9-15)16-10-11-17-14;14-12-6-8-13(9-7-12)10-11-4-2-1-3-5-11;/h1-5H,6-12H2;1-5H,6-10H2;1H/i2*8D2,9D2;. The molecule has 2 aromatic carbocycles. The molecule has 32 heavy (non-hydrogen) atoms. The third-order valence-corrected chi connectivity index (χ3v) is 5.19. The van der Waals surface area contributed by atoms with Crippen LogP contribution in [-0.4, -0.2) is 60.6 Å². The van der Waals surface area contributed by atoms with E-state index in [1.54, 1.807) is 0 Å². The van der Waals surface area contributed by atoms with Crippen molar-refractivity contribution in [3.63, 3.8) is 0 Å². The highest BCUT2D eigenvalue weighted by Gasteiger charge is 2.39. The van der Waals surface area contributed by atoms with E-state index in [1.165, 1.54) is 4.90 Å². The number of carbonyl (C=O) groups is 1. The van der Waals surface area contributed by atoms with E-state index in [-0.39, 0.29) is 57.0 Å². The van der Waals surface area contributed by atoms with Gasteiger partial charge in [-0.25, -0.2) is 0 Å². The van der Waals surface area contributed by atoms with Crippen LogP contribution in [0.2, 0.25) is 0 Å². The van der Waals surface area contributed by atoms with Crippen LogP contribution in [0.15, 0.2) is 60.7 Å². The molecular formula is C26H35ClN2O3. The lowest BCUT2D eigenvalue weighted by atomic mass is 10.0. The maximum absolute atomic E-state index is 11.4. The SMILES string of the molecule is Cl.[2H]C1([2H])CC(=O)CC([2H])([2H])N1Cc1ccccc1.[2H]C1([2H])CC2(CC([2H])([2H])N1Cc1ccccc1)OCCO2. The van der Waals surface area contributed by atoms with Gasteiger partial charge in [-0.05, 0) is 11.1 Å². The topological polar surface area (TPSA) is 42.0 Å². The number of piperidine rings is 2. The molecule has 6 heteroatoms. The highest BCUT2D eigenvalue weighted by Crippen LogP contribution is 2.31. The quantitative estimate of drug-likeness (QED) is 0.672. The molecule has 0 radical (unpaired) electrons. The molecule has 0 unspecified atom stereocenters. The Hall–Kier alpha value is -1.76. The van der Waals surface area contributed by atoms with Gasteiger partial charge in [0.15, 0.2) is 5.79 Å². The van der Waals surface area contributed by atoms with Gasteiger partial charge in [0.2, 0.25) is 0 Å². The molecule has 3 saturated heterocycles. The van der Waals surface area contributed by atoms with E-state index in [0.29, 0.717) is 13.2 Å². The minimum Gasteiger partial charge on any atom is -0.347 e. The number of rotatable bonds is 4. The maximum atomic E-state index is 11.4. The Labute approximate surface area is 209 Å². The number of ketones is 1. The molecular weight excluding hydrogens is 424 g/mol. The van der Waals surface area contributed by atoms with Crippen molar-refractivity contribution in [3.05, 3.63) is 71.8 Å². The van der Waals surface area contributed by atoms with Crippen molar-refractivity contribution < 1.29 is 25.2 Å². The second kappa shape index (κ2) is 12.5. The molecule has 3 aliphatic heterocycles. The van der Waals surface area contributed by atoms with Gasteiger partial charge in [-0.15, -0.1) is 12.4 Å². The minimum atomic E-state index is -1.94. The van der Waals surface area contributed by atoms with E-state index < -0.39 is 31.8 Å². The number of carbonyl (C=O) groups excluding carboxylic acids is 1. The van der Waals surface area contributed by atoms with Gasteiger partial charge in [0, 0.05) is 75.7 Å². The molecule has 5 rings (SSSR count). The highest BCUT2D eigenvalue weighted by molar-refractivity contribution is 5.85. The van der Waals surface area contributed by atoms with Crippen LogP contribution in [0.1, 0.15) is 47.8 Å². The van der Waals surface area contributed by atoms with E-state index >= 15 is 0 Å². The van der Waals surface area contributed by atoms with E-state index in [4.69, 9.17) is 20.4 Å². The number of hydrogen-bond acceptors (Lipinski definition) is 5. The molecule has 5 nitrogen and oxygen atoms in total. The number of halogens is 1.